The SMILES string of the molecule is O=C1NC(=O)c2ccc(Br)cc2C1=C[AsH]c1ccc(CN2CCC(CCO)CC2)cc1. The number of piperidine rings is 1. The Morgan fingerprint density at radius 1 is 1.06 bits per heavy atom. The molecule has 31 heavy (non-hydrogen) atoms. The van der Waals surface area contributed by atoms with Crippen LogP contribution in [0.2, 0.25) is 0 Å². The van der Waals surface area contributed by atoms with Crippen molar-refractivity contribution in [2.75, 3.05) is 19.7 Å². The summed E-state index contributed by atoms with van der Waals surface area (Å²) in [4.78, 5) is 29.0. The van der Waals surface area contributed by atoms with Crippen LogP contribution in [-0.4, -0.2) is 57.3 Å². The average Bonchev–Trinajstić information content (AvgIpc) is 2.76. The molecule has 7 heteroatoms. The summed E-state index contributed by atoms with van der Waals surface area (Å²) in [7, 11) is 0. The third-order valence-electron chi connectivity index (χ3n) is 5.98. The van der Waals surface area contributed by atoms with Gasteiger partial charge in [-0.1, -0.05) is 0 Å². The molecular formula is C24H26AsBrN2O3. The van der Waals surface area contributed by atoms with E-state index in [2.05, 4.69) is 50.4 Å². The Bertz CT molecular complexity index is 998. The monoisotopic (exact) mass is 544 g/mol. The molecule has 4 rings (SSSR count). The van der Waals surface area contributed by atoms with E-state index in [1.165, 1.54) is 22.8 Å². The number of carbonyl (C=O) groups excluding carboxylic acids is 2. The summed E-state index contributed by atoms with van der Waals surface area (Å²) in [5, 5.41) is 11.6. The van der Waals surface area contributed by atoms with Gasteiger partial charge in [-0.05, 0) is 0 Å². The van der Waals surface area contributed by atoms with E-state index in [0.717, 1.165) is 30.5 Å². The van der Waals surface area contributed by atoms with E-state index < -0.39 is 15.8 Å². The van der Waals surface area contributed by atoms with Crippen molar-refractivity contribution < 1.29 is 14.7 Å². The summed E-state index contributed by atoms with van der Waals surface area (Å²) in [6, 6.07) is 14.1. The van der Waals surface area contributed by atoms with Crippen LogP contribution in [0.25, 0.3) is 5.57 Å². The van der Waals surface area contributed by atoms with Gasteiger partial charge in [-0.15, -0.1) is 0 Å². The summed E-state index contributed by atoms with van der Waals surface area (Å²) in [5.41, 5.74) is 3.14. The third-order valence-corrected chi connectivity index (χ3v) is 8.78. The molecule has 2 aliphatic rings. The van der Waals surface area contributed by atoms with Crippen LogP contribution in [0.5, 0.6) is 0 Å². The molecule has 162 valence electrons. The van der Waals surface area contributed by atoms with Crippen LogP contribution >= 0.6 is 15.9 Å². The number of hydrogen-bond donors (Lipinski definition) is 2. The fraction of sp³-hybridized carbons (Fsp3) is 0.333. The van der Waals surface area contributed by atoms with Crippen molar-refractivity contribution in [3.05, 3.63) is 68.5 Å². The molecule has 1 atom stereocenters. The van der Waals surface area contributed by atoms with Gasteiger partial charge < -0.3 is 0 Å². The number of nitrogens with zero attached hydrogens (tertiary/aromatic N) is 1. The zero-order valence-electron chi connectivity index (χ0n) is 17.2. The summed E-state index contributed by atoms with van der Waals surface area (Å²) in [6.45, 7) is 3.44. The van der Waals surface area contributed by atoms with Crippen LogP contribution in [0.3, 0.4) is 0 Å². The van der Waals surface area contributed by atoms with E-state index >= 15 is 0 Å². The molecule has 0 aliphatic carbocycles. The third kappa shape index (κ3) is 5.56. The van der Waals surface area contributed by atoms with Gasteiger partial charge in [-0.3, -0.25) is 0 Å². The molecule has 2 heterocycles. The van der Waals surface area contributed by atoms with Crippen molar-refractivity contribution in [1.29, 1.82) is 0 Å². The fourth-order valence-electron chi connectivity index (χ4n) is 4.18. The van der Waals surface area contributed by atoms with E-state index in [1.807, 2.05) is 17.0 Å². The first-order valence-corrected chi connectivity index (χ1v) is 13.6. The molecule has 2 aromatic rings. The van der Waals surface area contributed by atoms with Crippen LogP contribution in [0.4, 0.5) is 0 Å². The van der Waals surface area contributed by atoms with Crippen LogP contribution in [-0.2, 0) is 11.3 Å². The number of carbonyl (C=O) groups is 2. The van der Waals surface area contributed by atoms with Crippen molar-refractivity contribution in [2.24, 2.45) is 5.92 Å². The van der Waals surface area contributed by atoms with Gasteiger partial charge in [0.1, 0.15) is 0 Å². The molecule has 1 fully saturated rings. The first-order chi connectivity index (χ1) is 15.0. The standard InChI is InChI=1S/C24H26AsBrN2O3/c26-19-5-6-20-21(13-19)22(24(31)27-23(20)30)14-25-18-3-1-17(2-4-18)15-28-10-7-16(8-11-28)9-12-29/h1-6,13-14,16,25,29H,7-12,15H2,(H,27,30,31). The molecule has 0 radical (unpaired) electrons. The predicted molar refractivity (Wildman–Crippen MR) is 128 cm³/mol. The zero-order chi connectivity index (χ0) is 21.8. The van der Waals surface area contributed by atoms with Crippen LogP contribution in [0.1, 0.15) is 40.7 Å². The molecule has 1 unspecified atom stereocenters. The van der Waals surface area contributed by atoms with Gasteiger partial charge in [0.25, 0.3) is 0 Å². The van der Waals surface area contributed by atoms with Crippen LogP contribution in [0.15, 0.2) is 51.8 Å². The number of imide groups is 1. The number of rotatable bonds is 6. The number of likely N-dealkylation sites (tertiary alicyclic amines) is 1. The molecular weight excluding hydrogens is 519 g/mol. The van der Waals surface area contributed by atoms with Gasteiger partial charge in [0.05, 0.1) is 0 Å². The van der Waals surface area contributed by atoms with Crippen molar-refractivity contribution in [1.82, 2.24) is 10.2 Å². The maximum absolute atomic E-state index is 12.4. The van der Waals surface area contributed by atoms with E-state index in [1.54, 1.807) is 6.07 Å². The molecule has 2 amide bonds. The number of halogens is 1. The van der Waals surface area contributed by atoms with Crippen molar-refractivity contribution in [3.8, 4) is 0 Å². The number of hydrogen-bond acceptors (Lipinski definition) is 4. The van der Waals surface area contributed by atoms with E-state index in [0.29, 0.717) is 29.2 Å². The first-order valence-electron chi connectivity index (χ1n) is 10.6. The summed E-state index contributed by atoms with van der Waals surface area (Å²) >= 11 is 2.78. The first kappa shape index (κ1) is 22.5. The molecule has 0 saturated carbocycles. The van der Waals surface area contributed by atoms with Gasteiger partial charge in [0.15, 0.2) is 0 Å². The van der Waals surface area contributed by atoms with Gasteiger partial charge in [-0.2, -0.15) is 0 Å². The Balaban J connectivity index is 1.40. The maximum atomic E-state index is 12.4. The number of aliphatic hydroxyl groups is 1. The van der Waals surface area contributed by atoms with Crippen LogP contribution < -0.4 is 9.67 Å². The zero-order valence-corrected chi connectivity index (χ0v) is 20.9. The Kier molecular flexibility index (Phi) is 7.44. The average molecular weight is 545 g/mol. The van der Waals surface area contributed by atoms with Gasteiger partial charge in [-0.25, -0.2) is 0 Å². The number of fused-ring (bicyclic) bond motifs is 1. The van der Waals surface area contributed by atoms with E-state index in [4.69, 9.17) is 5.11 Å². The molecule has 0 spiro atoms. The fourth-order valence-corrected chi connectivity index (χ4v) is 6.54. The molecule has 1 saturated heterocycles. The molecule has 0 bridgehead atoms. The van der Waals surface area contributed by atoms with Crippen molar-refractivity contribution in [2.45, 2.75) is 25.8 Å². The predicted octanol–water partition coefficient (Wildman–Crippen LogP) is 2.42. The van der Waals surface area contributed by atoms with Crippen molar-refractivity contribution in [3.63, 3.8) is 0 Å². The second-order valence-electron chi connectivity index (χ2n) is 8.10. The second-order valence-corrected chi connectivity index (χ2v) is 11.4. The van der Waals surface area contributed by atoms with Crippen molar-refractivity contribution >= 4 is 53.4 Å². The quantitative estimate of drug-likeness (QED) is 0.333. The molecule has 2 aromatic carbocycles. The Hall–Kier alpha value is -1.72. The van der Waals surface area contributed by atoms with Crippen LogP contribution in [0, 0.1) is 5.92 Å². The topological polar surface area (TPSA) is 69.6 Å². The Morgan fingerprint density at radius 3 is 2.52 bits per heavy atom. The Labute approximate surface area is 197 Å². The molecule has 2 N–H and O–H groups in total. The normalized spacial score (nSPS) is 19.2. The van der Waals surface area contributed by atoms with Gasteiger partial charge in [0, 0.05) is 0 Å². The number of aliphatic hydroxyl groups excluding tert-OH is 1. The minimum atomic E-state index is -0.661. The number of nitrogens with one attached hydrogen (secondary N) is 1. The van der Waals surface area contributed by atoms with Gasteiger partial charge >= 0.3 is 198 Å². The summed E-state index contributed by atoms with van der Waals surface area (Å²) in [6.07, 6.45) is 3.26. The van der Waals surface area contributed by atoms with E-state index in [9.17, 15) is 9.59 Å². The summed E-state index contributed by atoms with van der Waals surface area (Å²) in [5.74, 6) is 0.00932. The summed E-state index contributed by atoms with van der Waals surface area (Å²) < 4.78 is 2.10. The Morgan fingerprint density at radius 2 is 1.81 bits per heavy atom. The van der Waals surface area contributed by atoms with Gasteiger partial charge in [0.2, 0.25) is 0 Å². The molecule has 5 nitrogen and oxygen atoms in total. The van der Waals surface area contributed by atoms with E-state index in [-0.39, 0.29) is 11.8 Å². The molecule has 2 aliphatic heterocycles. The number of amides is 2. The molecule has 0 aromatic heterocycles. The second kappa shape index (κ2) is 10.3. The number of benzene rings is 2. The minimum absolute atomic E-state index is 0.298.